The van der Waals surface area contributed by atoms with Crippen molar-refractivity contribution in [1.29, 1.82) is 0 Å². The monoisotopic (exact) mass is 329 g/mol. The van der Waals surface area contributed by atoms with E-state index in [4.69, 9.17) is 5.84 Å². The summed E-state index contributed by atoms with van der Waals surface area (Å²) in [5.74, 6) is 5.56. The molecule has 0 saturated carbocycles. The van der Waals surface area contributed by atoms with E-state index in [2.05, 4.69) is 10.4 Å². The zero-order valence-corrected chi connectivity index (χ0v) is 12.1. The van der Waals surface area contributed by atoms with E-state index in [1.807, 2.05) is 29.6 Å². The number of thiazole rings is 1. The lowest BCUT2D eigenvalue weighted by Gasteiger charge is -2.13. The normalized spacial score (nSPS) is 13.7. The maximum atomic E-state index is 12.7. The molecule has 3 rings (SSSR count). The Morgan fingerprint density at radius 1 is 1.24 bits per heavy atom. The number of aromatic nitrogens is 1. The Morgan fingerprint density at radius 3 is 2.67 bits per heavy atom. The third-order valence-corrected chi connectivity index (χ3v) is 5.13. The molecule has 0 amide bonds. The Bertz CT molecular complexity index is 763. The van der Waals surface area contributed by atoms with Gasteiger partial charge >= 0.3 is 6.18 Å². The summed E-state index contributed by atoms with van der Waals surface area (Å²) in [5, 5.41) is 2.02. The van der Waals surface area contributed by atoms with Gasteiger partial charge in [0.2, 0.25) is 0 Å². The van der Waals surface area contributed by atoms with Crippen molar-refractivity contribution >= 4 is 32.8 Å². The number of nitrogens with zero attached hydrogens (tertiary/aromatic N) is 1. The number of hydrogen-bond donors (Lipinski definition) is 2. The van der Waals surface area contributed by atoms with Gasteiger partial charge < -0.3 is 0 Å². The van der Waals surface area contributed by atoms with Crippen LogP contribution < -0.4 is 11.3 Å². The summed E-state index contributed by atoms with van der Waals surface area (Å²) in [7, 11) is 0. The quantitative estimate of drug-likeness (QED) is 0.565. The van der Waals surface area contributed by atoms with Gasteiger partial charge in [-0.3, -0.25) is 5.84 Å². The molecule has 1 atom stereocenters. The molecular formula is C13H10F3N3S2. The summed E-state index contributed by atoms with van der Waals surface area (Å²) in [6, 6.07) is 7.19. The lowest BCUT2D eigenvalue weighted by molar-refractivity contribution is -0.137. The van der Waals surface area contributed by atoms with Crippen molar-refractivity contribution in [2.45, 2.75) is 12.2 Å². The van der Waals surface area contributed by atoms with Crippen LogP contribution in [0.25, 0.3) is 10.1 Å². The number of benzene rings is 1. The molecule has 0 radical (unpaired) electrons. The number of halogens is 3. The van der Waals surface area contributed by atoms with Gasteiger partial charge in [-0.25, -0.2) is 10.4 Å². The first kappa shape index (κ1) is 14.5. The molecule has 3 N–H and O–H groups in total. The summed E-state index contributed by atoms with van der Waals surface area (Å²) >= 11 is 2.14. The van der Waals surface area contributed by atoms with Crippen LogP contribution in [0.3, 0.4) is 0 Å². The molecule has 0 bridgehead atoms. The molecule has 3 aromatic rings. The predicted octanol–water partition coefficient (Wildman–Crippen LogP) is 3.93. The molecule has 1 aromatic carbocycles. The molecule has 0 aliphatic rings. The van der Waals surface area contributed by atoms with E-state index in [1.54, 1.807) is 0 Å². The van der Waals surface area contributed by atoms with Crippen molar-refractivity contribution in [2.75, 3.05) is 0 Å². The molecule has 0 fully saturated rings. The van der Waals surface area contributed by atoms with Gasteiger partial charge in [-0.05, 0) is 22.4 Å². The van der Waals surface area contributed by atoms with Crippen LogP contribution in [0, 0.1) is 0 Å². The molecule has 8 heteroatoms. The topological polar surface area (TPSA) is 50.9 Å². The highest BCUT2D eigenvalue weighted by atomic mass is 32.1. The fraction of sp³-hybridized carbons (Fsp3) is 0.154. The largest absolute Gasteiger partial charge is 0.443 e. The van der Waals surface area contributed by atoms with Crippen LogP contribution in [-0.4, -0.2) is 4.98 Å². The SMILES string of the molecule is NNC(c1cnc(C(F)(F)F)s1)c1csc2ccccc12. The van der Waals surface area contributed by atoms with Crippen LogP contribution in [0.15, 0.2) is 35.8 Å². The fourth-order valence-corrected chi connectivity index (χ4v) is 3.95. The minimum absolute atomic E-state index is 0.438. The summed E-state index contributed by atoms with van der Waals surface area (Å²) in [6.45, 7) is 0. The maximum absolute atomic E-state index is 12.7. The highest BCUT2D eigenvalue weighted by Gasteiger charge is 2.35. The van der Waals surface area contributed by atoms with Gasteiger partial charge in [0, 0.05) is 15.8 Å². The lowest BCUT2D eigenvalue weighted by Crippen LogP contribution is -2.28. The molecule has 0 aliphatic heterocycles. The van der Waals surface area contributed by atoms with Crippen LogP contribution in [0.5, 0.6) is 0 Å². The molecule has 3 nitrogen and oxygen atoms in total. The molecule has 0 aliphatic carbocycles. The Morgan fingerprint density at radius 2 is 2.00 bits per heavy atom. The number of thiophene rings is 1. The molecule has 110 valence electrons. The first-order chi connectivity index (χ1) is 10.0. The summed E-state index contributed by atoms with van der Waals surface area (Å²) in [6.07, 6.45) is -3.21. The summed E-state index contributed by atoms with van der Waals surface area (Å²) < 4.78 is 39.1. The van der Waals surface area contributed by atoms with Gasteiger partial charge in [0.1, 0.15) is 0 Å². The van der Waals surface area contributed by atoms with Crippen LogP contribution >= 0.6 is 22.7 Å². The van der Waals surface area contributed by atoms with Crippen molar-refractivity contribution in [3.05, 3.63) is 51.3 Å². The van der Waals surface area contributed by atoms with E-state index in [-0.39, 0.29) is 0 Å². The maximum Gasteiger partial charge on any atom is 0.443 e. The summed E-state index contributed by atoms with van der Waals surface area (Å²) in [4.78, 5) is 3.89. The van der Waals surface area contributed by atoms with Crippen molar-refractivity contribution in [3.8, 4) is 0 Å². The molecule has 0 saturated heterocycles. The Balaban J connectivity index is 2.04. The zero-order valence-electron chi connectivity index (χ0n) is 10.5. The number of nitrogens with two attached hydrogens (primary N) is 1. The van der Waals surface area contributed by atoms with E-state index in [0.717, 1.165) is 15.6 Å². The standard InChI is InChI=1S/C13H10F3N3S2/c14-13(15,16)12-18-5-10(21-12)11(19-17)8-6-20-9-4-2-1-3-7(8)9/h1-6,11,19H,17H2. The van der Waals surface area contributed by atoms with Crippen molar-refractivity contribution < 1.29 is 13.2 Å². The van der Waals surface area contributed by atoms with Gasteiger partial charge in [0.15, 0.2) is 5.01 Å². The second-order valence-electron chi connectivity index (χ2n) is 4.35. The number of hydrogen-bond acceptors (Lipinski definition) is 5. The van der Waals surface area contributed by atoms with Crippen LogP contribution in [0.4, 0.5) is 13.2 Å². The van der Waals surface area contributed by atoms with Crippen molar-refractivity contribution in [1.82, 2.24) is 10.4 Å². The van der Waals surface area contributed by atoms with Gasteiger partial charge in [0.05, 0.1) is 6.04 Å². The van der Waals surface area contributed by atoms with Gasteiger partial charge in [-0.1, -0.05) is 18.2 Å². The summed E-state index contributed by atoms with van der Waals surface area (Å²) in [5.41, 5.74) is 3.44. The molecule has 0 spiro atoms. The fourth-order valence-electron chi connectivity index (χ4n) is 2.10. The van der Waals surface area contributed by atoms with E-state index in [1.165, 1.54) is 17.5 Å². The third kappa shape index (κ3) is 2.67. The average molecular weight is 329 g/mol. The van der Waals surface area contributed by atoms with Gasteiger partial charge in [0.25, 0.3) is 0 Å². The number of fused-ring (bicyclic) bond motifs is 1. The van der Waals surface area contributed by atoms with E-state index in [9.17, 15) is 13.2 Å². The van der Waals surface area contributed by atoms with Crippen LogP contribution in [0.1, 0.15) is 21.5 Å². The number of rotatable bonds is 3. The highest BCUT2D eigenvalue weighted by Crippen LogP contribution is 2.38. The number of alkyl halides is 3. The minimum atomic E-state index is -4.43. The first-order valence-corrected chi connectivity index (χ1v) is 7.65. The van der Waals surface area contributed by atoms with E-state index >= 15 is 0 Å². The van der Waals surface area contributed by atoms with Crippen molar-refractivity contribution in [3.63, 3.8) is 0 Å². The van der Waals surface area contributed by atoms with Gasteiger partial charge in [-0.2, -0.15) is 13.2 Å². The lowest BCUT2D eigenvalue weighted by atomic mass is 10.1. The van der Waals surface area contributed by atoms with Gasteiger partial charge in [-0.15, -0.1) is 22.7 Å². The first-order valence-electron chi connectivity index (χ1n) is 5.96. The Labute approximate surface area is 126 Å². The Hall–Kier alpha value is -1.48. The Kier molecular flexibility index (Phi) is 3.70. The van der Waals surface area contributed by atoms with E-state index < -0.39 is 17.2 Å². The molecule has 2 heterocycles. The second-order valence-corrected chi connectivity index (χ2v) is 6.33. The molecule has 21 heavy (non-hydrogen) atoms. The van der Waals surface area contributed by atoms with Crippen LogP contribution in [-0.2, 0) is 6.18 Å². The third-order valence-electron chi connectivity index (χ3n) is 3.04. The number of nitrogens with one attached hydrogen (secondary N) is 1. The predicted molar refractivity (Wildman–Crippen MR) is 78.1 cm³/mol. The zero-order chi connectivity index (χ0) is 15.0. The highest BCUT2D eigenvalue weighted by molar-refractivity contribution is 7.17. The van der Waals surface area contributed by atoms with Crippen LogP contribution in [0.2, 0.25) is 0 Å². The molecule has 1 unspecified atom stereocenters. The van der Waals surface area contributed by atoms with E-state index in [0.29, 0.717) is 16.2 Å². The average Bonchev–Trinajstić information content (AvgIpc) is 3.07. The second kappa shape index (κ2) is 5.38. The molecular weight excluding hydrogens is 319 g/mol. The molecule has 2 aromatic heterocycles. The van der Waals surface area contributed by atoms with Crippen molar-refractivity contribution in [2.24, 2.45) is 5.84 Å². The smallest absolute Gasteiger partial charge is 0.271 e. The minimum Gasteiger partial charge on any atom is -0.271 e. The number of hydrazine groups is 1.